The number of nitrogens with zero attached hydrogens (tertiary/aromatic N) is 1. The highest BCUT2D eigenvalue weighted by Gasteiger charge is 2.31. The summed E-state index contributed by atoms with van der Waals surface area (Å²) < 4.78 is 15.2. The Morgan fingerprint density at radius 1 is 1.32 bits per heavy atom. The average Bonchev–Trinajstić information content (AvgIpc) is 3.24. The Morgan fingerprint density at radius 2 is 2.05 bits per heavy atom. The number of rotatable bonds is 4. The van der Waals surface area contributed by atoms with Gasteiger partial charge in [-0.3, -0.25) is 4.90 Å². The molecule has 1 aliphatic heterocycles. The Hall–Kier alpha value is -0.450. The largest absolute Gasteiger partial charge is 0.314 e. The first-order valence-electron chi connectivity index (χ1n) is 7.14. The van der Waals surface area contributed by atoms with E-state index in [0.29, 0.717) is 0 Å². The summed E-state index contributed by atoms with van der Waals surface area (Å²) in [5.74, 6) is 0.741. The molecule has 1 N–H and O–H groups in total. The second-order valence-electron chi connectivity index (χ2n) is 5.65. The second-order valence-corrected chi connectivity index (χ2v) is 6.56. The van der Waals surface area contributed by atoms with Gasteiger partial charge in [-0.2, -0.15) is 0 Å². The Labute approximate surface area is 122 Å². The summed E-state index contributed by atoms with van der Waals surface area (Å²) in [5, 5.41) is 3.37. The number of hydrogen-bond donors (Lipinski definition) is 1. The van der Waals surface area contributed by atoms with Crippen LogP contribution in [0.3, 0.4) is 0 Å². The van der Waals surface area contributed by atoms with Crippen molar-refractivity contribution >= 4 is 15.9 Å². The summed E-state index contributed by atoms with van der Waals surface area (Å²) >= 11 is 3.47. The predicted molar refractivity (Wildman–Crippen MR) is 78.6 cm³/mol. The van der Waals surface area contributed by atoms with Crippen LogP contribution in [-0.4, -0.2) is 31.1 Å². The molecule has 0 bridgehead atoms. The molecule has 2 aliphatic rings. The van der Waals surface area contributed by atoms with Crippen LogP contribution in [0.4, 0.5) is 4.39 Å². The molecule has 1 aromatic rings. The van der Waals surface area contributed by atoms with Crippen LogP contribution in [-0.2, 0) is 0 Å². The smallest absolute Gasteiger partial charge is 0.128 e. The highest BCUT2D eigenvalue weighted by molar-refractivity contribution is 9.10. The second kappa shape index (κ2) is 5.90. The van der Waals surface area contributed by atoms with Gasteiger partial charge in [-0.05, 0) is 30.5 Å². The van der Waals surface area contributed by atoms with Gasteiger partial charge in [0.25, 0.3) is 0 Å². The van der Waals surface area contributed by atoms with Gasteiger partial charge in [-0.15, -0.1) is 0 Å². The number of nitrogens with one attached hydrogen (secondary N) is 1. The third-order valence-electron chi connectivity index (χ3n) is 4.16. The van der Waals surface area contributed by atoms with E-state index < -0.39 is 0 Å². The highest BCUT2D eigenvalue weighted by Crippen LogP contribution is 2.41. The van der Waals surface area contributed by atoms with E-state index >= 15 is 0 Å². The van der Waals surface area contributed by atoms with Gasteiger partial charge >= 0.3 is 0 Å². The van der Waals surface area contributed by atoms with Gasteiger partial charge in [0.1, 0.15) is 5.82 Å². The maximum Gasteiger partial charge on any atom is 0.128 e. The lowest BCUT2D eigenvalue weighted by atomic mass is 9.98. The first-order valence-corrected chi connectivity index (χ1v) is 7.93. The van der Waals surface area contributed by atoms with Gasteiger partial charge in [0.2, 0.25) is 0 Å². The van der Waals surface area contributed by atoms with E-state index in [-0.39, 0.29) is 11.9 Å². The van der Waals surface area contributed by atoms with Crippen LogP contribution in [0.1, 0.15) is 30.9 Å². The fourth-order valence-corrected chi connectivity index (χ4v) is 3.28. The van der Waals surface area contributed by atoms with Crippen molar-refractivity contribution in [3.63, 3.8) is 0 Å². The molecule has 1 aromatic carbocycles. The van der Waals surface area contributed by atoms with Gasteiger partial charge in [0.05, 0.1) is 0 Å². The molecule has 1 atom stereocenters. The summed E-state index contributed by atoms with van der Waals surface area (Å²) in [7, 11) is 0. The average molecular weight is 327 g/mol. The maximum absolute atomic E-state index is 14.2. The molecule has 1 aliphatic carbocycles. The normalized spacial score (nSPS) is 22.4. The molecular formula is C15H20BrFN2. The Bertz CT molecular complexity index is 442. The molecule has 0 aromatic heterocycles. The lowest BCUT2D eigenvalue weighted by Gasteiger charge is -2.35. The first-order chi connectivity index (χ1) is 9.24. The van der Waals surface area contributed by atoms with Crippen LogP contribution in [0.25, 0.3) is 0 Å². The number of benzene rings is 1. The quantitative estimate of drug-likeness (QED) is 0.912. The van der Waals surface area contributed by atoms with E-state index in [1.54, 1.807) is 12.1 Å². The summed E-state index contributed by atoms with van der Waals surface area (Å²) in [6.07, 6.45) is 3.74. The molecule has 0 radical (unpaired) electrons. The van der Waals surface area contributed by atoms with Crippen LogP contribution in [0.15, 0.2) is 22.7 Å². The molecule has 0 unspecified atom stereocenters. The standard InChI is InChI=1S/C15H20BrFN2/c16-12-3-4-14(17)13(10-12)15(9-11-1-2-11)19-7-5-18-6-8-19/h3-4,10-11,15,18H,1-2,5-9H2/t15-/m1/s1. The summed E-state index contributed by atoms with van der Waals surface area (Å²) in [6.45, 7) is 4.06. The van der Waals surface area contributed by atoms with E-state index in [0.717, 1.165) is 48.6 Å². The molecule has 4 heteroatoms. The minimum absolute atomic E-state index is 0.0626. The van der Waals surface area contributed by atoms with Gasteiger partial charge < -0.3 is 5.32 Å². The van der Waals surface area contributed by atoms with Crippen molar-refractivity contribution in [3.05, 3.63) is 34.1 Å². The summed E-state index contributed by atoms with van der Waals surface area (Å²) in [5.41, 5.74) is 0.864. The van der Waals surface area contributed by atoms with Gasteiger partial charge in [-0.1, -0.05) is 28.8 Å². The van der Waals surface area contributed by atoms with Crippen molar-refractivity contribution < 1.29 is 4.39 Å². The Morgan fingerprint density at radius 3 is 2.74 bits per heavy atom. The van der Waals surface area contributed by atoms with Crippen LogP contribution < -0.4 is 5.32 Å². The first kappa shape index (κ1) is 13.5. The molecule has 104 valence electrons. The SMILES string of the molecule is Fc1ccc(Br)cc1[C@@H](CC1CC1)N1CCNCC1. The molecule has 2 fully saturated rings. The molecule has 1 saturated carbocycles. The Kier molecular flexibility index (Phi) is 4.20. The molecule has 0 spiro atoms. The van der Waals surface area contributed by atoms with Gasteiger partial charge in [0, 0.05) is 42.3 Å². The zero-order valence-electron chi connectivity index (χ0n) is 11.0. The van der Waals surface area contributed by atoms with E-state index in [4.69, 9.17) is 0 Å². The molecule has 3 rings (SSSR count). The maximum atomic E-state index is 14.2. The van der Waals surface area contributed by atoms with Crippen molar-refractivity contribution in [1.82, 2.24) is 10.2 Å². The van der Waals surface area contributed by atoms with E-state index in [9.17, 15) is 4.39 Å². The lowest BCUT2D eigenvalue weighted by molar-refractivity contribution is 0.157. The minimum atomic E-state index is -0.0626. The van der Waals surface area contributed by atoms with E-state index in [1.165, 1.54) is 12.8 Å². The molecule has 0 amide bonds. The lowest BCUT2D eigenvalue weighted by Crippen LogP contribution is -2.45. The predicted octanol–water partition coefficient (Wildman–Crippen LogP) is 3.33. The van der Waals surface area contributed by atoms with Gasteiger partial charge in [-0.25, -0.2) is 4.39 Å². The molecule has 1 heterocycles. The molecule has 2 nitrogen and oxygen atoms in total. The highest BCUT2D eigenvalue weighted by atomic mass is 79.9. The van der Waals surface area contributed by atoms with Crippen molar-refractivity contribution in [1.29, 1.82) is 0 Å². The monoisotopic (exact) mass is 326 g/mol. The zero-order chi connectivity index (χ0) is 13.2. The van der Waals surface area contributed by atoms with Crippen molar-refractivity contribution in [2.75, 3.05) is 26.2 Å². The number of piperazine rings is 1. The van der Waals surface area contributed by atoms with Crippen molar-refractivity contribution in [3.8, 4) is 0 Å². The van der Waals surface area contributed by atoms with Crippen LogP contribution in [0.5, 0.6) is 0 Å². The molecular weight excluding hydrogens is 307 g/mol. The Balaban J connectivity index is 1.85. The summed E-state index contributed by atoms with van der Waals surface area (Å²) in [4.78, 5) is 2.44. The van der Waals surface area contributed by atoms with Crippen LogP contribution >= 0.6 is 15.9 Å². The van der Waals surface area contributed by atoms with Crippen molar-refractivity contribution in [2.45, 2.75) is 25.3 Å². The van der Waals surface area contributed by atoms with E-state index in [1.807, 2.05) is 6.07 Å². The minimum Gasteiger partial charge on any atom is -0.314 e. The van der Waals surface area contributed by atoms with E-state index in [2.05, 4.69) is 26.1 Å². The number of hydrogen-bond acceptors (Lipinski definition) is 2. The molecule has 1 saturated heterocycles. The third-order valence-corrected chi connectivity index (χ3v) is 4.66. The van der Waals surface area contributed by atoms with Gasteiger partial charge in [0.15, 0.2) is 0 Å². The van der Waals surface area contributed by atoms with Crippen LogP contribution in [0.2, 0.25) is 0 Å². The zero-order valence-corrected chi connectivity index (χ0v) is 12.6. The molecule has 19 heavy (non-hydrogen) atoms. The topological polar surface area (TPSA) is 15.3 Å². The third kappa shape index (κ3) is 3.36. The fourth-order valence-electron chi connectivity index (χ4n) is 2.91. The van der Waals surface area contributed by atoms with Crippen LogP contribution in [0, 0.1) is 11.7 Å². The number of halogens is 2. The summed E-state index contributed by atoms with van der Waals surface area (Å²) in [6, 6.07) is 5.57. The van der Waals surface area contributed by atoms with Crippen molar-refractivity contribution in [2.24, 2.45) is 5.92 Å². The fraction of sp³-hybridized carbons (Fsp3) is 0.600.